The van der Waals surface area contributed by atoms with Gasteiger partial charge in [0, 0.05) is 0 Å². The Morgan fingerprint density at radius 1 is 2.00 bits per heavy atom. The van der Waals surface area contributed by atoms with Crippen LogP contribution in [0.4, 0.5) is 0 Å². The van der Waals surface area contributed by atoms with E-state index < -0.39 is 0 Å². The minimum atomic E-state index is 0.139. The fourth-order valence-electron chi connectivity index (χ4n) is 0. The molecule has 0 rings (SSSR count). The average Bonchev–Trinajstić information content (AvgIpc) is 0.811. The first-order valence-corrected chi connectivity index (χ1v) is 1.21. The molecule has 0 saturated carbocycles. The van der Waals surface area contributed by atoms with Crippen molar-refractivity contribution in [2.24, 2.45) is 5.73 Å². The molecule has 2 N–H and O–H groups in total. The zero-order valence-electron chi connectivity index (χ0n) is 2.16. The molecule has 22 valence electrons. The summed E-state index contributed by atoms with van der Waals surface area (Å²) in [5.74, 6) is 0. The Bertz CT molecular complexity index is 31.0. The Kier molecular flexibility index (Phi) is 1.36. The Morgan fingerprint density at radius 2 is 2.00 bits per heavy atom. The first-order valence-electron chi connectivity index (χ1n) is 0.831. The van der Waals surface area contributed by atoms with Crippen LogP contribution in [0.25, 0.3) is 0 Å². The van der Waals surface area contributed by atoms with Crippen molar-refractivity contribution < 1.29 is 0 Å². The van der Waals surface area contributed by atoms with E-state index in [-0.39, 0.29) is 5.05 Å². The summed E-state index contributed by atoms with van der Waals surface area (Å²) in [4.78, 5) is 0. The molecule has 0 bridgehead atoms. The van der Waals surface area contributed by atoms with Crippen LogP contribution in [0.5, 0.6) is 0 Å². The van der Waals surface area contributed by atoms with Crippen molar-refractivity contribution in [2.45, 2.75) is 0 Å². The summed E-state index contributed by atoms with van der Waals surface area (Å²) >= 11 is 4.86. The molecule has 1 nitrogen and oxygen atoms in total. The molecule has 0 aromatic heterocycles. The van der Waals surface area contributed by atoms with Gasteiger partial charge in [-0.3, -0.25) is 0 Å². The molecular formula is CH3BClN. The molecule has 0 saturated heterocycles. The van der Waals surface area contributed by atoms with E-state index in [2.05, 4.69) is 13.2 Å². The molecule has 0 atom stereocenters. The second-order valence-corrected chi connectivity index (χ2v) is 0.932. The van der Waals surface area contributed by atoms with Gasteiger partial charge in [-0.2, -0.15) is 0 Å². The normalized spacial score (nSPS) is 6.00. The van der Waals surface area contributed by atoms with Crippen molar-refractivity contribution in [1.82, 2.24) is 0 Å². The Balaban J connectivity index is 2.80. The first kappa shape index (κ1) is 4.02. The molecule has 0 aliphatic heterocycles. The van der Waals surface area contributed by atoms with Gasteiger partial charge in [0.25, 0.3) is 0 Å². The average molecular weight is 75.3 g/mol. The predicted octanol–water partition coefficient (Wildman–Crippen LogP) is -0.828. The molecule has 0 aliphatic carbocycles. The van der Waals surface area contributed by atoms with Crippen LogP contribution in [-0.2, 0) is 0 Å². The third-order valence-electron chi connectivity index (χ3n) is 0. The molecule has 0 spiro atoms. The fourth-order valence-corrected chi connectivity index (χ4v) is 0. The summed E-state index contributed by atoms with van der Waals surface area (Å²) in [6.45, 7) is 0. The van der Waals surface area contributed by atoms with Gasteiger partial charge in [-0.15, -0.1) is 0 Å². The molecular weight excluding hydrogens is 72.3 g/mol. The maximum atomic E-state index is 4.86. The summed E-state index contributed by atoms with van der Waals surface area (Å²) in [7, 11) is 3.10. The Labute approximate surface area is 30.8 Å². The Hall–Kier alpha value is 0.0249. The van der Waals surface area contributed by atoms with Gasteiger partial charge in [0.1, 0.15) is 0 Å². The molecule has 0 unspecified atom stereocenters. The molecule has 0 aromatic rings. The minimum absolute atomic E-state index is 0.139. The van der Waals surface area contributed by atoms with E-state index in [4.69, 9.17) is 11.6 Å². The number of nitrogens with two attached hydrogens (primary N) is 1. The van der Waals surface area contributed by atoms with Crippen molar-refractivity contribution >= 4 is 24.1 Å². The SMILES string of the molecule is B=C(N)Cl. The van der Waals surface area contributed by atoms with Crippen LogP contribution in [0.3, 0.4) is 0 Å². The van der Waals surface area contributed by atoms with Crippen LogP contribution in [0.2, 0.25) is 0 Å². The summed E-state index contributed by atoms with van der Waals surface area (Å²) in [6, 6.07) is 0. The van der Waals surface area contributed by atoms with Crippen molar-refractivity contribution in [2.75, 3.05) is 0 Å². The van der Waals surface area contributed by atoms with Gasteiger partial charge >= 0.3 is 29.9 Å². The zero-order chi connectivity index (χ0) is 3.58. The predicted molar refractivity (Wildman–Crippen MR) is 22.2 cm³/mol. The fraction of sp³-hybridized carbons (Fsp3) is 0. The molecule has 0 radical (unpaired) electrons. The van der Waals surface area contributed by atoms with E-state index in [1.165, 1.54) is 0 Å². The van der Waals surface area contributed by atoms with Crippen molar-refractivity contribution in [3.8, 4) is 0 Å². The van der Waals surface area contributed by atoms with Gasteiger partial charge < -0.3 is 0 Å². The van der Waals surface area contributed by atoms with Crippen molar-refractivity contribution in [1.29, 1.82) is 0 Å². The van der Waals surface area contributed by atoms with Gasteiger partial charge in [-0.05, 0) is 0 Å². The molecule has 0 amide bonds. The van der Waals surface area contributed by atoms with Crippen LogP contribution < -0.4 is 5.73 Å². The van der Waals surface area contributed by atoms with Gasteiger partial charge in [0.2, 0.25) is 0 Å². The second-order valence-electron chi connectivity index (χ2n) is 0.447. The van der Waals surface area contributed by atoms with E-state index in [0.29, 0.717) is 0 Å². The number of hydrogen-bond acceptors (Lipinski definition) is 1. The monoisotopic (exact) mass is 75.0 g/mol. The topological polar surface area (TPSA) is 26.0 Å². The number of rotatable bonds is 0. The van der Waals surface area contributed by atoms with Crippen LogP contribution >= 0.6 is 11.6 Å². The van der Waals surface area contributed by atoms with Crippen molar-refractivity contribution in [3.05, 3.63) is 0 Å². The number of halogens is 1. The summed E-state index contributed by atoms with van der Waals surface area (Å²) in [6.07, 6.45) is 0. The van der Waals surface area contributed by atoms with Crippen LogP contribution in [0.1, 0.15) is 0 Å². The van der Waals surface area contributed by atoms with E-state index in [9.17, 15) is 0 Å². The summed E-state index contributed by atoms with van der Waals surface area (Å²) in [5, 5.41) is 0.139. The third kappa shape index (κ3) is 3420. The maximum absolute atomic E-state index is 4.86. The van der Waals surface area contributed by atoms with Crippen molar-refractivity contribution in [3.63, 3.8) is 0 Å². The van der Waals surface area contributed by atoms with E-state index in [0.717, 1.165) is 0 Å². The molecule has 0 fully saturated rings. The second kappa shape index (κ2) is 1.36. The van der Waals surface area contributed by atoms with Crippen LogP contribution in [0, 0.1) is 0 Å². The molecule has 0 aliphatic rings. The quantitative estimate of drug-likeness (QED) is 0.295. The third-order valence-corrected chi connectivity index (χ3v) is 0. The standard InChI is InChI=1S/CH3BClN/c2-1(3)4/h2H,4H2. The number of hydrogen-bond donors (Lipinski definition) is 1. The molecule has 3 heteroatoms. The van der Waals surface area contributed by atoms with Gasteiger partial charge in [0.15, 0.2) is 0 Å². The van der Waals surface area contributed by atoms with Gasteiger partial charge in [-0.1, -0.05) is 0 Å². The van der Waals surface area contributed by atoms with E-state index in [1.807, 2.05) is 0 Å². The van der Waals surface area contributed by atoms with Gasteiger partial charge in [-0.25, -0.2) is 0 Å². The van der Waals surface area contributed by atoms with E-state index in [1.54, 1.807) is 0 Å². The van der Waals surface area contributed by atoms with E-state index >= 15 is 0 Å². The summed E-state index contributed by atoms with van der Waals surface area (Å²) < 4.78 is 0. The first-order chi connectivity index (χ1) is 1.73. The molecule has 0 aromatic carbocycles. The van der Waals surface area contributed by atoms with Gasteiger partial charge in [0.05, 0.1) is 0 Å². The van der Waals surface area contributed by atoms with Crippen LogP contribution in [0.15, 0.2) is 0 Å². The molecule has 0 heterocycles. The Morgan fingerprint density at radius 3 is 2.00 bits per heavy atom. The molecule has 4 heavy (non-hydrogen) atoms. The van der Waals surface area contributed by atoms with Crippen LogP contribution in [-0.4, -0.2) is 12.5 Å². The summed E-state index contributed by atoms with van der Waals surface area (Å²) in [5.41, 5.74) is 4.68. The zero-order valence-corrected chi connectivity index (χ0v) is 2.92.